The van der Waals surface area contributed by atoms with E-state index in [1.165, 1.54) is 0 Å². The molecule has 1 heterocycles. The van der Waals surface area contributed by atoms with Gasteiger partial charge < -0.3 is 9.47 Å². The quantitative estimate of drug-likeness (QED) is 0.462. The molecular formula is C14H17N3O2. The first kappa shape index (κ1) is 13.5. The maximum absolute atomic E-state index is 8.60. The van der Waals surface area contributed by atoms with Crippen molar-refractivity contribution >= 4 is 0 Å². The summed E-state index contributed by atoms with van der Waals surface area (Å²) in [6.07, 6.45) is 3.33. The Balaban J connectivity index is 1.87. The minimum atomic E-state index is -0.223. The van der Waals surface area contributed by atoms with Crippen LogP contribution in [-0.4, -0.2) is 18.8 Å². The number of azide groups is 1. The van der Waals surface area contributed by atoms with Gasteiger partial charge in [0.1, 0.15) is 6.10 Å². The summed E-state index contributed by atoms with van der Waals surface area (Å²) in [5, 5.41) is 3.80. The Kier molecular flexibility index (Phi) is 4.84. The summed E-state index contributed by atoms with van der Waals surface area (Å²) < 4.78 is 11.1. The molecule has 5 heteroatoms. The van der Waals surface area contributed by atoms with Crippen LogP contribution < -0.4 is 0 Å². The van der Waals surface area contributed by atoms with Gasteiger partial charge in [-0.25, -0.2) is 0 Å². The van der Waals surface area contributed by atoms with Crippen molar-refractivity contribution in [1.82, 2.24) is 0 Å². The molecule has 0 bridgehead atoms. The van der Waals surface area contributed by atoms with Gasteiger partial charge in [0.25, 0.3) is 0 Å². The van der Waals surface area contributed by atoms with Crippen LogP contribution in [0.3, 0.4) is 0 Å². The normalized spacial score (nSPS) is 25.4. The molecule has 0 aliphatic carbocycles. The summed E-state index contributed by atoms with van der Waals surface area (Å²) in [5.74, 6) is 0.162. The van der Waals surface area contributed by atoms with Crippen molar-refractivity contribution in [2.45, 2.75) is 25.7 Å². The lowest BCUT2D eigenvalue weighted by atomic mass is 9.96. The fourth-order valence-electron chi connectivity index (χ4n) is 2.05. The molecule has 1 unspecified atom stereocenters. The molecule has 5 nitrogen and oxygen atoms in total. The van der Waals surface area contributed by atoms with Crippen LogP contribution in [0.15, 0.2) is 47.8 Å². The predicted molar refractivity (Wildman–Crippen MR) is 72.2 cm³/mol. The summed E-state index contributed by atoms with van der Waals surface area (Å²) in [6, 6.07) is 9.72. The van der Waals surface area contributed by atoms with Crippen LogP contribution in [-0.2, 0) is 16.1 Å². The molecule has 19 heavy (non-hydrogen) atoms. The molecule has 1 aromatic rings. The fourth-order valence-corrected chi connectivity index (χ4v) is 2.05. The van der Waals surface area contributed by atoms with Gasteiger partial charge in [0, 0.05) is 4.91 Å². The van der Waals surface area contributed by atoms with Gasteiger partial charge >= 0.3 is 0 Å². The highest BCUT2D eigenvalue weighted by molar-refractivity contribution is 5.13. The standard InChI is InChI=1S/C14H17N3O2/c1-11-7-8-19-13(14(11)16-17-15)10-18-9-12-5-3-2-4-6-12/h2-8,11,13-14H,9-10H2,1H3/t11?,13-,14-/m1/s1. The third-order valence-electron chi connectivity index (χ3n) is 3.13. The molecule has 1 aromatic carbocycles. The first-order valence-electron chi connectivity index (χ1n) is 6.29. The summed E-state index contributed by atoms with van der Waals surface area (Å²) in [5.41, 5.74) is 9.71. The number of hydrogen-bond acceptors (Lipinski definition) is 3. The van der Waals surface area contributed by atoms with Gasteiger partial charge in [-0.2, -0.15) is 0 Å². The van der Waals surface area contributed by atoms with Crippen molar-refractivity contribution in [3.8, 4) is 0 Å². The van der Waals surface area contributed by atoms with Crippen molar-refractivity contribution in [3.63, 3.8) is 0 Å². The van der Waals surface area contributed by atoms with Crippen molar-refractivity contribution in [2.75, 3.05) is 6.61 Å². The van der Waals surface area contributed by atoms with E-state index in [9.17, 15) is 0 Å². The molecule has 100 valence electrons. The second-order valence-corrected chi connectivity index (χ2v) is 4.56. The van der Waals surface area contributed by atoms with E-state index in [4.69, 9.17) is 15.0 Å². The van der Waals surface area contributed by atoms with E-state index in [1.54, 1.807) is 6.26 Å². The van der Waals surface area contributed by atoms with Crippen molar-refractivity contribution in [2.24, 2.45) is 11.0 Å². The predicted octanol–water partition coefficient (Wildman–Crippen LogP) is 3.43. The molecule has 0 fully saturated rings. The lowest BCUT2D eigenvalue weighted by Crippen LogP contribution is -2.37. The number of nitrogens with zero attached hydrogens (tertiary/aromatic N) is 3. The molecule has 0 saturated carbocycles. The topological polar surface area (TPSA) is 67.2 Å². The van der Waals surface area contributed by atoms with Gasteiger partial charge in [-0.05, 0) is 23.1 Å². The summed E-state index contributed by atoms with van der Waals surface area (Å²) >= 11 is 0. The molecular weight excluding hydrogens is 242 g/mol. The molecule has 0 spiro atoms. The minimum absolute atomic E-state index is 0.162. The van der Waals surface area contributed by atoms with Gasteiger partial charge in [-0.3, -0.25) is 0 Å². The van der Waals surface area contributed by atoms with Crippen LogP contribution in [0.2, 0.25) is 0 Å². The molecule has 2 rings (SSSR count). The molecule has 0 N–H and O–H groups in total. The Labute approximate surface area is 112 Å². The fraction of sp³-hybridized carbons (Fsp3) is 0.429. The summed E-state index contributed by atoms with van der Waals surface area (Å²) in [4.78, 5) is 2.88. The van der Waals surface area contributed by atoms with Crippen LogP contribution in [0.25, 0.3) is 10.4 Å². The van der Waals surface area contributed by atoms with E-state index >= 15 is 0 Å². The zero-order valence-electron chi connectivity index (χ0n) is 10.8. The monoisotopic (exact) mass is 259 g/mol. The molecule has 0 amide bonds. The molecule has 1 aliphatic rings. The van der Waals surface area contributed by atoms with Crippen molar-refractivity contribution < 1.29 is 9.47 Å². The van der Waals surface area contributed by atoms with E-state index in [2.05, 4.69) is 10.0 Å². The zero-order chi connectivity index (χ0) is 13.5. The Morgan fingerprint density at radius 3 is 2.89 bits per heavy atom. The molecule has 3 atom stereocenters. The lowest BCUT2D eigenvalue weighted by molar-refractivity contribution is -0.00646. The van der Waals surface area contributed by atoms with Crippen LogP contribution in [0, 0.1) is 5.92 Å². The second kappa shape index (κ2) is 6.83. The number of ether oxygens (including phenoxy) is 2. The van der Waals surface area contributed by atoms with Gasteiger partial charge in [-0.1, -0.05) is 42.4 Å². The molecule has 0 saturated heterocycles. The maximum atomic E-state index is 8.60. The third kappa shape index (κ3) is 3.74. The Bertz CT molecular complexity index is 469. The highest BCUT2D eigenvalue weighted by Gasteiger charge is 2.28. The summed E-state index contributed by atoms with van der Waals surface area (Å²) in [7, 11) is 0. The second-order valence-electron chi connectivity index (χ2n) is 4.56. The van der Waals surface area contributed by atoms with Gasteiger partial charge in [-0.15, -0.1) is 0 Å². The van der Waals surface area contributed by atoms with E-state index in [0.29, 0.717) is 13.2 Å². The largest absolute Gasteiger partial charge is 0.495 e. The van der Waals surface area contributed by atoms with Gasteiger partial charge in [0.2, 0.25) is 0 Å². The molecule has 0 aromatic heterocycles. The number of benzene rings is 1. The van der Waals surface area contributed by atoms with E-state index < -0.39 is 0 Å². The van der Waals surface area contributed by atoms with Crippen LogP contribution in [0.5, 0.6) is 0 Å². The molecule has 0 radical (unpaired) electrons. The first-order valence-corrected chi connectivity index (χ1v) is 6.29. The number of hydrogen-bond donors (Lipinski definition) is 0. The van der Waals surface area contributed by atoms with E-state index in [-0.39, 0.29) is 18.1 Å². The van der Waals surface area contributed by atoms with Gasteiger partial charge in [0.15, 0.2) is 0 Å². The minimum Gasteiger partial charge on any atom is -0.495 e. The highest BCUT2D eigenvalue weighted by atomic mass is 16.5. The van der Waals surface area contributed by atoms with Crippen LogP contribution >= 0.6 is 0 Å². The average molecular weight is 259 g/mol. The van der Waals surface area contributed by atoms with E-state index in [0.717, 1.165) is 5.56 Å². The van der Waals surface area contributed by atoms with Crippen LogP contribution in [0.4, 0.5) is 0 Å². The molecule has 1 aliphatic heterocycles. The first-order chi connectivity index (χ1) is 9.31. The Hall–Kier alpha value is -1.97. The van der Waals surface area contributed by atoms with Crippen molar-refractivity contribution in [3.05, 3.63) is 58.7 Å². The summed E-state index contributed by atoms with van der Waals surface area (Å²) in [6.45, 7) is 2.94. The lowest BCUT2D eigenvalue weighted by Gasteiger charge is -2.29. The zero-order valence-corrected chi connectivity index (χ0v) is 10.8. The van der Waals surface area contributed by atoms with E-state index in [1.807, 2.05) is 43.3 Å². The smallest absolute Gasteiger partial charge is 0.130 e. The Morgan fingerprint density at radius 2 is 2.16 bits per heavy atom. The highest BCUT2D eigenvalue weighted by Crippen LogP contribution is 2.21. The van der Waals surface area contributed by atoms with Crippen LogP contribution in [0.1, 0.15) is 12.5 Å². The van der Waals surface area contributed by atoms with Gasteiger partial charge in [0.05, 0.1) is 25.5 Å². The Morgan fingerprint density at radius 1 is 1.37 bits per heavy atom. The third-order valence-corrected chi connectivity index (χ3v) is 3.13. The SMILES string of the molecule is CC1C=CO[C@H](COCc2ccccc2)[C@@H]1N=[N+]=[N-]. The number of rotatable bonds is 5. The maximum Gasteiger partial charge on any atom is 0.130 e. The van der Waals surface area contributed by atoms with Crippen molar-refractivity contribution in [1.29, 1.82) is 0 Å². The average Bonchev–Trinajstić information content (AvgIpc) is 2.44.